The van der Waals surface area contributed by atoms with Crippen LogP contribution >= 0.6 is 0 Å². The minimum Gasteiger partial charge on any atom is -0.369 e. The number of hydrogen-bond donors (Lipinski definition) is 1. The van der Waals surface area contributed by atoms with Gasteiger partial charge >= 0.3 is 0 Å². The van der Waals surface area contributed by atoms with Crippen molar-refractivity contribution in [2.24, 2.45) is 5.10 Å². The summed E-state index contributed by atoms with van der Waals surface area (Å²) >= 11 is 0. The Bertz CT molecular complexity index is 1480. The van der Waals surface area contributed by atoms with E-state index in [-0.39, 0.29) is 5.69 Å². The number of fused-ring (bicyclic) bond motifs is 1. The molecule has 186 valence electrons. The molecule has 4 aromatic rings. The Balaban J connectivity index is 1.42. The first-order valence-electron chi connectivity index (χ1n) is 12.0. The summed E-state index contributed by atoms with van der Waals surface area (Å²) in [6, 6.07) is 23.8. The number of hydrazone groups is 1. The molecule has 1 aliphatic rings. The molecule has 1 N–H and O–H groups in total. The van der Waals surface area contributed by atoms with Crippen LogP contribution in [0.25, 0.3) is 22.2 Å². The quantitative estimate of drug-likeness (QED) is 0.243. The van der Waals surface area contributed by atoms with E-state index in [0.717, 1.165) is 37.4 Å². The van der Waals surface area contributed by atoms with Gasteiger partial charge in [0.25, 0.3) is 11.6 Å². The zero-order chi connectivity index (χ0) is 25.8. The van der Waals surface area contributed by atoms with Gasteiger partial charge in [-0.15, -0.1) is 0 Å². The third kappa shape index (κ3) is 5.31. The van der Waals surface area contributed by atoms with E-state index in [1.165, 1.54) is 12.3 Å². The van der Waals surface area contributed by atoms with Crippen LogP contribution in [0.2, 0.25) is 0 Å². The number of rotatable bonds is 6. The molecule has 9 nitrogen and oxygen atoms in total. The van der Waals surface area contributed by atoms with E-state index in [4.69, 9.17) is 4.98 Å². The summed E-state index contributed by atoms with van der Waals surface area (Å²) in [5.41, 5.74) is 6.36. The Hall–Kier alpha value is -4.63. The van der Waals surface area contributed by atoms with Crippen LogP contribution in [0.4, 0.5) is 11.4 Å². The Labute approximate surface area is 214 Å². The van der Waals surface area contributed by atoms with Crippen LogP contribution in [0.15, 0.2) is 84.0 Å². The number of carbonyl (C=O) groups excluding carboxylic acids is 1. The van der Waals surface area contributed by atoms with Gasteiger partial charge in [0, 0.05) is 48.9 Å². The second-order valence-electron chi connectivity index (χ2n) is 8.93. The Kier molecular flexibility index (Phi) is 6.87. The van der Waals surface area contributed by atoms with Crippen molar-refractivity contribution in [3.8, 4) is 11.3 Å². The molecular formula is C28H26N6O3. The normalized spacial score (nSPS) is 14.2. The fourth-order valence-corrected chi connectivity index (χ4v) is 4.41. The second-order valence-corrected chi connectivity index (χ2v) is 8.93. The highest BCUT2D eigenvalue weighted by Crippen LogP contribution is 2.26. The summed E-state index contributed by atoms with van der Waals surface area (Å²) in [5, 5.41) is 16.4. The fraction of sp³-hybridized carbons (Fsp3) is 0.179. The molecule has 5 rings (SSSR count). The number of nitrogens with zero attached hydrogens (tertiary/aromatic N) is 5. The molecule has 1 aliphatic heterocycles. The van der Waals surface area contributed by atoms with Gasteiger partial charge < -0.3 is 9.80 Å². The average Bonchev–Trinajstić information content (AvgIpc) is 2.93. The third-order valence-electron chi connectivity index (χ3n) is 6.48. The lowest BCUT2D eigenvalue weighted by Gasteiger charge is -2.34. The van der Waals surface area contributed by atoms with Crippen molar-refractivity contribution in [2.75, 3.05) is 38.1 Å². The summed E-state index contributed by atoms with van der Waals surface area (Å²) in [6.07, 6.45) is 1.33. The predicted octanol–water partition coefficient (Wildman–Crippen LogP) is 4.33. The number of para-hydroxylation sites is 1. The van der Waals surface area contributed by atoms with Crippen molar-refractivity contribution in [3.05, 3.63) is 100 Å². The second kappa shape index (κ2) is 10.5. The van der Waals surface area contributed by atoms with Gasteiger partial charge in [0.2, 0.25) is 0 Å². The van der Waals surface area contributed by atoms with Crippen molar-refractivity contribution < 1.29 is 9.72 Å². The van der Waals surface area contributed by atoms with E-state index in [2.05, 4.69) is 27.4 Å². The van der Waals surface area contributed by atoms with E-state index in [9.17, 15) is 14.9 Å². The highest BCUT2D eigenvalue weighted by atomic mass is 16.6. The molecule has 2 heterocycles. The smallest absolute Gasteiger partial charge is 0.278 e. The van der Waals surface area contributed by atoms with E-state index < -0.39 is 10.8 Å². The largest absolute Gasteiger partial charge is 0.369 e. The first kappa shape index (κ1) is 24.1. The first-order chi connectivity index (χ1) is 18.0. The van der Waals surface area contributed by atoms with E-state index in [1.807, 2.05) is 54.6 Å². The molecule has 0 radical (unpaired) electrons. The average molecular weight is 495 g/mol. The van der Waals surface area contributed by atoms with Gasteiger partial charge in [-0.25, -0.2) is 10.4 Å². The van der Waals surface area contributed by atoms with Gasteiger partial charge in [-0.05, 0) is 31.3 Å². The molecule has 1 fully saturated rings. The van der Waals surface area contributed by atoms with Crippen molar-refractivity contribution in [1.82, 2.24) is 15.3 Å². The lowest BCUT2D eigenvalue weighted by Crippen LogP contribution is -2.44. The lowest BCUT2D eigenvalue weighted by atomic mass is 10.0. The van der Waals surface area contributed by atoms with Crippen LogP contribution in [0, 0.1) is 10.1 Å². The number of pyridine rings is 1. The zero-order valence-electron chi connectivity index (χ0n) is 20.4. The van der Waals surface area contributed by atoms with Crippen molar-refractivity contribution in [1.29, 1.82) is 0 Å². The van der Waals surface area contributed by atoms with Crippen molar-refractivity contribution in [3.63, 3.8) is 0 Å². The standard InChI is InChI=1S/C28H26N6O3/c1-32-13-15-33(16-14-32)22-11-12-27(34(36)37)21(17-22)19-29-31-28(35)24-18-26(20-7-3-2-4-8-20)30-25-10-6-5-9-23(24)25/h2-12,17-19H,13-16H2,1H3,(H,31,35)/b29-19+. The lowest BCUT2D eigenvalue weighted by molar-refractivity contribution is -0.385. The molecule has 1 saturated heterocycles. The molecule has 1 amide bonds. The van der Waals surface area contributed by atoms with Crippen LogP contribution in [0.1, 0.15) is 15.9 Å². The van der Waals surface area contributed by atoms with Crippen LogP contribution in [-0.4, -0.2) is 60.2 Å². The summed E-state index contributed by atoms with van der Waals surface area (Å²) in [7, 11) is 2.07. The molecule has 0 saturated carbocycles. The molecule has 9 heteroatoms. The molecular weight excluding hydrogens is 468 g/mol. The number of anilines is 1. The van der Waals surface area contributed by atoms with Gasteiger partial charge in [0.15, 0.2) is 0 Å². The minimum absolute atomic E-state index is 0.0726. The first-order valence-corrected chi connectivity index (χ1v) is 12.0. The number of aromatic nitrogens is 1. The highest BCUT2D eigenvalue weighted by Gasteiger charge is 2.19. The fourth-order valence-electron chi connectivity index (χ4n) is 4.41. The molecule has 37 heavy (non-hydrogen) atoms. The monoisotopic (exact) mass is 494 g/mol. The number of hydrogen-bond acceptors (Lipinski definition) is 7. The van der Waals surface area contributed by atoms with Crippen molar-refractivity contribution >= 4 is 34.4 Å². The zero-order valence-corrected chi connectivity index (χ0v) is 20.4. The van der Waals surface area contributed by atoms with E-state index in [1.54, 1.807) is 18.2 Å². The van der Waals surface area contributed by atoms with Gasteiger partial charge in [-0.2, -0.15) is 5.10 Å². The van der Waals surface area contributed by atoms with E-state index >= 15 is 0 Å². The number of nitro benzene ring substituents is 1. The summed E-state index contributed by atoms with van der Waals surface area (Å²) in [6.45, 7) is 3.50. The van der Waals surface area contributed by atoms with Crippen molar-refractivity contribution in [2.45, 2.75) is 0 Å². The Morgan fingerprint density at radius 3 is 2.49 bits per heavy atom. The molecule has 0 bridgehead atoms. The van der Waals surface area contributed by atoms with Crippen LogP contribution < -0.4 is 10.3 Å². The Morgan fingerprint density at radius 2 is 1.73 bits per heavy atom. The Morgan fingerprint density at radius 1 is 1.00 bits per heavy atom. The molecule has 0 unspecified atom stereocenters. The third-order valence-corrected chi connectivity index (χ3v) is 6.48. The highest BCUT2D eigenvalue weighted by molar-refractivity contribution is 6.07. The number of nitro groups is 1. The SMILES string of the molecule is CN1CCN(c2ccc([N+](=O)[O-])c(/C=N/NC(=O)c3cc(-c4ccccc4)nc4ccccc34)c2)CC1. The van der Waals surface area contributed by atoms with Gasteiger partial charge in [0.05, 0.1) is 33.5 Å². The summed E-state index contributed by atoms with van der Waals surface area (Å²) in [5.74, 6) is -0.426. The number of amides is 1. The van der Waals surface area contributed by atoms with E-state index in [0.29, 0.717) is 27.7 Å². The maximum atomic E-state index is 13.2. The molecule has 0 spiro atoms. The number of benzene rings is 3. The maximum absolute atomic E-state index is 13.2. The predicted molar refractivity (Wildman–Crippen MR) is 145 cm³/mol. The van der Waals surface area contributed by atoms with Gasteiger partial charge in [0.1, 0.15) is 0 Å². The van der Waals surface area contributed by atoms with Crippen LogP contribution in [0.3, 0.4) is 0 Å². The topological polar surface area (TPSA) is 104 Å². The number of likely N-dealkylation sites (N-methyl/N-ethyl adjacent to an activating group) is 1. The van der Waals surface area contributed by atoms with Crippen LogP contribution in [0.5, 0.6) is 0 Å². The molecule has 1 aromatic heterocycles. The number of nitrogens with one attached hydrogen (secondary N) is 1. The molecule has 0 aliphatic carbocycles. The van der Waals surface area contributed by atoms with Crippen LogP contribution in [-0.2, 0) is 0 Å². The molecule has 3 aromatic carbocycles. The summed E-state index contributed by atoms with van der Waals surface area (Å²) in [4.78, 5) is 33.5. The maximum Gasteiger partial charge on any atom is 0.278 e. The van der Waals surface area contributed by atoms with Gasteiger partial charge in [-0.3, -0.25) is 14.9 Å². The van der Waals surface area contributed by atoms with Gasteiger partial charge in [-0.1, -0.05) is 48.5 Å². The minimum atomic E-state index is -0.445. The number of piperazine rings is 1. The molecule has 0 atom stereocenters. The summed E-state index contributed by atoms with van der Waals surface area (Å²) < 4.78 is 0. The number of carbonyl (C=O) groups is 1.